The molecule has 0 saturated heterocycles. The molecular formula is C25H28ClN3O3. The lowest BCUT2D eigenvalue weighted by molar-refractivity contribution is -0.139. The summed E-state index contributed by atoms with van der Waals surface area (Å²) in [6.45, 7) is 7.09. The molecule has 2 amide bonds. The normalized spacial score (nSPS) is 16.2. The predicted molar refractivity (Wildman–Crippen MR) is 126 cm³/mol. The zero-order valence-corrected chi connectivity index (χ0v) is 19.1. The average molecular weight is 454 g/mol. The zero-order valence-electron chi connectivity index (χ0n) is 18.4. The molecule has 0 bridgehead atoms. The van der Waals surface area contributed by atoms with Crippen molar-refractivity contribution in [2.75, 3.05) is 26.7 Å². The van der Waals surface area contributed by atoms with Crippen LogP contribution in [0.3, 0.4) is 0 Å². The van der Waals surface area contributed by atoms with E-state index in [0.29, 0.717) is 29.4 Å². The highest BCUT2D eigenvalue weighted by Crippen LogP contribution is 2.32. The molecule has 1 N–H and O–H groups in total. The summed E-state index contributed by atoms with van der Waals surface area (Å²) in [7, 11) is 1.96. The van der Waals surface area contributed by atoms with E-state index < -0.39 is 12.0 Å². The molecular weight excluding hydrogens is 426 g/mol. The number of nitrogens with zero attached hydrogens (tertiary/aromatic N) is 2. The van der Waals surface area contributed by atoms with Gasteiger partial charge in [0, 0.05) is 30.4 Å². The lowest BCUT2D eigenvalue weighted by Gasteiger charge is -2.37. The van der Waals surface area contributed by atoms with Gasteiger partial charge in [-0.25, -0.2) is 9.59 Å². The van der Waals surface area contributed by atoms with Crippen molar-refractivity contribution in [1.29, 1.82) is 0 Å². The van der Waals surface area contributed by atoms with Gasteiger partial charge in [0.15, 0.2) is 0 Å². The Kier molecular flexibility index (Phi) is 8.09. The molecule has 168 valence electrons. The van der Waals surface area contributed by atoms with Crippen molar-refractivity contribution in [1.82, 2.24) is 15.1 Å². The number of hydrogen-bond acceptors (Lipinski definition) is 4. The molecule has 6 nitrogen and oxygen atoms in total. The third kappa shape index (κ3) is 5.58. The Labute approximate surface area is 194 Å². The molecule has 0 radical (unpaired) electrons. The Morgan fingerprint density at radius 1 is 1.19 bits per heavy atom. The van der Waals surface area contributed by atoms with Crippen molar-refractivity contribution in [3.8, 4) is 0 Å². The van der Waals surface area contributed by atoms with Crippen LogP contribution in [0, 0.1) is 0 Å². The van der Waals surface area contributed by atoms with Gasteiger partial charge in [-0.3, -0.25) is 9.80 Å². The molecule has 1 aliphatic heterocycles. The van der Waals surface area contributed by atoms with Crippen molar-refractivity contribution < 1.29 is 14.3 Å². The minimum atomic E-state index is -0.639. The SMILES string of the molecule is C=CCN1C(=O)N[C@H](c2ccc(Cl)cc2)C(C(=O)OCC)=C1CN(C)Cc1ccccc1. The van der Waals surface area contributed by atoms with Crippen LogP contribution >= 0.6 is 11.6 Å². The third-order valence-corrected chi connectivity index (χ3v) is 5.42. The summed E-state index contributed by atoms with van der Waals surface area (Å²) in [5.41, 5.74) is 2.91. The molecule has 32 heavy (non-hydrogen) atoms. The van der Waals surface area contributed by atoms with Crippen LogP contribution in [0.5, 0.6) is 0 Å². The van der Waals surface area contributed by atoms with E-state index in [2.05, 4.69) is 16.8 Å². The zero-order chi connectivity index (χ0) is 23.1. The second kappa shape index (κ2) is 11.0. The Balaban J connectivity index is 2.05. The minimum Gasteiger partial charge on any atom is -0.463 e. The van der Waals surface area contributed by atoms with Gasteiger partial charge in [0.1, 0.15) is 0 Å². The molecule has 3 rings (SSSR count). The van der Waals surface area contributed by atoms with Gasteiger partial charge in [-0.05, 0) is 37.2 Å². The minimum absolute atomic E-state index is 0.234. The molecule has 1 atom stereocenters. The summed E-state index contributed by atoms with van der Waals surface area (Å²) >= 11 is 6.05. The van der Waals surface area contributed by atoms with Crippen LogP contribution in [-0.4, -0.2) is 48.5 Å². The first-order valence-electron chi connectivity index (χ1n) is 10.5. The Morgan fingerprint density at radius 3 is 2.50 bits per heavy atom. The van der Waals surface area contributed by atoms with Crippen molar-refractivity contribution >= 4 is 23.6 Å². The van der Waals surface area contributed by atoms with Crippen molar-refractivity contribution in [3.05, 3.63) is 94.7 Å². The Morgan fingerprint density at radius 2 is 1.88 bits per heavy atom. The smallest absolute Gasteiger partial charge is 0.338 e. The molecule has 0 unspecified atom stereocenters. The van der Waals surface area contributed by atoms with Crippen molar-refractivity contribution in [2.24, 2.45) is 0 Å². The van der Waals surface area contributed by atoms with E-state index >= 15 is 0 Å². The fourth-order valence-corrected chi connectivity index (χ4v) is 3.88. The maximum atomic E-state index is 13.1. The van der Waals surface area contributed by atoms with Gasteiger partial charge < -0.3 is 10.1 Å². The summed E-state index contributed by atoms with van der Waals surface area (Å²) < 4.78 is 5.40. The molecule has 0 aliphatic carbocycles. The summed E-state index contributed by atoms with van der Waals surface area (Å²) in [4.78, 5) is 29.8. The predicted octanol–water partition coefficient (Wildman–Crippen LogP) is 4.54. The number of ether oxygens (including phenoxy) is 1. The number of hydrogen-bond donors (Lipinski definition) is 1. The second-order valence-electron chi connectivity index (χ2n) is 7.57. The third-order valence-electron chi connectivity index (χ3n) is 5.16. The molecule has 2 aromatic carbocycles. The van der Waals surface area contributed by atoms with E-state index in [1.54, 1.807) is 42.2 Å². The number of carbonyl (C=O) groups excluding carboxylic acids is 2. The lowest BCUT2D eigenvalue weighted by Crippen LogP contribution is -2.50. The standard InChI is InChI=1S/C25H28ClN3O3/c1-4-15-29-21(17-28(3)16-18-9-7-6-8-10-18)22(24(30)32-5-2)23(27-25(29)31)19-11-13-20(26)14-12-19/h4,6-14,23H,1,5,15-17H2,2-3H3,(H,27,31)/t23-/m1/s1. The lowest BCUT2D eigenvalue weighted by atomic mass is 9.94. The fraction of sp³-hybridized carbons (Fsp3) is 0.280. The maximum Gasteiger partial charge on any atom is 0.338 e. The van der Waals surface area contributed by atoms with E-state index in [-0.39, 0.29) is 19.2 Å². The van der Waals surface area contributed by atoms with Gasteiger partial charge in [-0.1, -0.05) is 60.1 Å². The van der Waals surface area contributed by atoms with Crippen molar-refractivity contribution in [2.45, 2.75) is 19.5 Å². The van der Waals surface area contributed by atoms with Gasteiger partial charge in [-0.15, -0.1) is 6.58 Å². The number of carbonyl (C=O) groups is 2. The van der Waals surface area contributed by atoms with Crippen LogP contribution in [0.25, 0.3) is 0 Å². The highest BCUT2D eigenvalue weighted by atomic mass is 35.5. The number of likely N-dealkylation sites (N-methyl/N-ethyl adjacent to an activating group) is 1. The quantitative estimate of drug-likeness (QED) is 0.447. The number of esters is 1. The van der Waals surface area contributed by atoms with E-state index in [9.17, 15) is 9.59 Å². The number of halogens is 1. The van der Waals surface area contributed by atoms with Crippen LogP contribution in [0.4, 0.5) is 4.79 Å². The van der Waals surface area contributed by atoms with Crippen LogP contribution in [-0.2, 0) is 16.1 Å². The van der Waals surface area contributed by atoms with E-state index in [1.807, 2.05) is 37.4 Å². The van der Waals surface area contributed by atoms with Crippen LogP contribution < -0.4 is 5.32 Å². The average Bonchev–Trinajstić information content (AvgIpc) is 2.77. The molecule has 0 fully saturated rings. The molecule has 0 saturated carbocycles. The summed E-state index contributed by atoms with van der Waals surface area (Å²) in [5, 5.41) is 3.53. The second-order valence-corrected chi connectivity index (χ2v) is 8.01. The number of benzene rings is 2. The topological polar surface area (TPSA) is 61.9 Å². The van der Waals surface area contributed by atoms with E-state index in [1.165, 1.54) is 0 Å². The Bertz CT molecular complexity index is 989. The fourth-order valence-electron chi connectivity index (χ4n) is 3.76. The van der Waals surface area contributed by atoms with Gasteiger partial charge in [0.2, 0.25) is 0 Å². The first-order valence-corrected chi connectivity index (χ1v) is 10.9. The van der Waals surface area contributed by atoms with Crippen LogP contribution in [0.1, 0.15) is 24.1 Å². The summed E-state index contributed by atoms with van der Waals surface area (Å²) in [6, 6.07) is 16.2. The van der Waals surface area contributed by atoms with Crippen LogP contribution in [0.2, 0.25) is 5.02 Å². The molecule has 1 aliphatic rings. The molecule has 0 aromatic heterocycles. The number of amides is 2. The van der Waals surface area contributed by atoms with Crippen LogP contribution in [0.15, 0.2) is 78.5 Å². The molecule has 0 spiro atoms. The molecule has 2 aromatic rings. The van der Waals surface area contributed by atoms with Gasteiger partial charge in [0.05, 0.1) is 18.2 Å². The number of urea groups is 1. The monoisotopic (exact) mass is 453 g/mol. The first-order chi connectivity index (χ1) is 15.4. The summed E-state index contributed by atoms with van der Waals surface area (Å²) in [6.07, 6.45) is 1.64. The Hall–Kier alpha value is -3.09. The maximum absolute atomic E-state index is 13.1. The van der Waals surface area contributed by atoms with E-state index in [0.717, 1.165) is 11.1 Å². The number of nitrogens with one attached hydrogen (secondary N) is 1. The largest absolute Gasteiger partial charge is 0.463 e. The molecule has 7 heteroatoms. The van der Waals surface area contributed by atoms with Gasteiger partial charge >= 0.3 is 12.0 Å². The van der Waals surface area contributed by atoms with Crippen molar-refractivity contribution in [3.63, 3.8) is 0 Å². The highest BCUT2D eigenvalue weighted by Gasteiger charge is 2.38. The number of rotatable bonds is 9. The van der Waals surface area contributed by atoms with Gasteiger partial charge in [-0.2, -0.15) is 0 Å². The highest BCUT2D eigenvalue weighted by molar-refractivity contribution is 6.30. The van der Waals surface area contributed by atoms with E-state index in [4.69, 9.17) is 16.3 Å². The first kappa shape index (κ1) is 23.6. The van der Waals surface area contributed by atoms with Gasteiger partial charge in [0.25, 0.3) is 0 Å². The summed E-state index contributed by atoms with van der Waals surface area (Å²) in [5.74, 6) is -0.454. The molecule has 1 heterocycles.